The molecule has 43 heavy (non-hydrogen) atoms. The summed E-state index contributed by atoms with van der Waals surface area (Å²) in [7, 11) is 0. The highest BCUT2D eigenvalue weighted by Gasteiger charge is 2.35. The predicted molar refractivity (Wildman–Crippen MR) is 185 cm³/mol. The Morgan fingerprint density at radius 2 is 1.74 bits per heavy atom. The summed E-state index contributed by atoms with van der Waals surface area (Å²) < 4.78 is 21.7. The number of aromatic nitrogens is 1. The molecule has 3 aromatic carbocycles. The first-order chi connectivity index (χ1) is 20.7. The van der Waals surface area contributed by atoms with Crippen LogP contribution < -0.4 is 24.4 Å². The van der Waals surface area contributed by atoms with E-state index in [0.29, 0.717) is 38.5 Å². The Kier molecular flexibility index (Phi) is 10.1. The first kappa shape index (κ1) is 31.5. The quantitative estimate of drug-likeness (QED) is 0.145. The number of hydrogen-bond donors (Lipinski definition) is 0. The second-order valence-electron chi connectivity index (χ2n) is 10.1. The lowest BCUT2D eigenvalue weighted by atomic mass is 9.95. The SMILES string of the molecule is CCOC(=O)C1=C(C)N=c2s/c(=C/c3cc(I)c(OCc4ccccc4)c(I)c3)c(=O)n2[C@H]1c1ccccc1OC(C)C. The van der Waals surface area contributed by atoms with Crippen molar-refractivity contribution in [2.75, 3.05) is 6.61 Å². The number of nitrogens with zero attached hydrogens (tertiary/aromatic N) is 2. The van der Waals surface area contributed by atoms with Crippen molar-refractivity contribution >= 4 is 68.6 Å². The standard InChI is InChI=1S/C33H30I2N2O5S/c1-5-40-32(39)28-20(4)36-33-37(29(28)23-13-9-10-14-26(23)42-19(2)3)31(38)27(43-33)17-22-15-24(34)30(25(35)16-22)41-18-21-11-7-6-8-12-21/h6-17,19,29H,5,18H2,1-4H3/b27-17+/t29-/m0/s1. The average Bonchev–Trinajstić information content (AvgIpc) is 3.26. The zero-order valence-electron chi connectivity index (χ0n) is 24.1. The van der Waals surface area contributed by atoms with E-state index in [1.54, 1.807) is 18.4 Å². The predicted octanol–water partition coefficient (Wildman–Crippen LogP) is 6.37. The van der Waals surface area contributed by atoms with Crippen LogP contribution in [0.4, 0.5) is 0 Å². The Bertz CT molecular complexity index is 1860. The Balaban J connectivity index is 1.60. The summed E-state index contributed by atoms with van der Waals surface area (Å²) in [6.45, 7) is 8.09. The van der Waals surface area contributed by atoms with E-state index in [2.05, 4.69) is 45.2 Å². The van der Waals surface area contributed by atoms with Crippen LogP contribution in [0.1, 0.15) is 50.4 Å². The maximum atomic E-state index is 14.1. The third-order valence-electron chi connectivity index (χ3n) is 6.64. The highest BCUT2D eigenvalue weighted by Crippen LogP contribution is 2.36. The molecular formula is C33H30I2N2O5S. The number of rotatable bonds is 9. The summed E-state index contributed by atoms with van der Waals surface area (Å²) in [5.41, 5.74) is 3.26. The number of halogens is 2. The fourth-order valence-electron chi connectivity index (χ4n) is 4.84. The van der Waals surface area contributed by atoms with Gasteiger partial charge in [-0.05, 0) is 108 Å². The number of carbonyl (C=O) groups is 1. The van der Waals surface area contributed by atoms with E-state index in [4.69, 9.17) is 19.2 Å². The molecule has 7 nitrogen and oxygen atoms in total. The minimum atomic E-state index is -0.749. The first-order valence-electron chi connectivity index (χ1n) is 13.8. The molecule has 0 N–H and O–H groups in total. The van der Waals surface area contributed by atoms with Gasteiger partial charge >= 0.3 is 5.97 Å². The molecule has 5 rings (SSSR count). The summed E-state index contributed by atoms with van der Waals surface area (Å²) in [4.78, 5) is 32.6. The largest absolute Gasteiger partial charge is 0.491 e. The van der Waals surface area contributed by atoms with Crippen LogP contribution in [0.5, 0.6) is 11.5 Å². The summed E-state index contributed by atoms with van der Waals surface area (Å²) in [6, 6.07) is 20.8. The van der Waals surface area contributed by atoms with Gasteiger partial charge in [-0.2, -0.15) is 0 Å². The van der Waals surface area contributed by atoms with E-state index in [1.165, 1.54) is 11.3 Å². The van der Waals surface area contributed by atoms with Crippen LogP contribution >= 0.6 is 56.5 Å². The second kappa shape index (κ2) is 13.8. The molecule has 4 aromatic rings. The van der Waals surface area contributed by atoms with Crippen molar-refractivity contribution < 1.29 is 19.0 Å². The Morgan fingerprint density at radius 3 is 2.42 bits per heavy atom. The van der Waals surface area contributed by atoms with E-state index < -0.39 is 12.0 Å². The summed E-state index contributed by atoms with van der Waals surface area (Å²) in [5, 5.41) is 0. The van der Waals surface area contributed by atoms with Crippen LogP contribution in [0.2, 0.25) is 0 Å². The van der Waals surface area contributed by atoms with E-state index in [1.807, 2.05) is 86.7 Å². The fourth-order valence-corrected chi connectivity index (χ4v) is 8.01. The summed E-state index contributed by atoms with van der Waals surface area (Å²) in [5.74, 6) is 0.904. The number of ether oxygens (including phenoxy) is 3. The maximum Gasteiger partial charge on any atom is 0.338 e. The van der Waals surface area contributed by atoms with Gasteiger partial charge in [-0.25, -0.2) is 9.79 Å². The van der Waals surface area contributed by atoms with Crippen LogP contribution in [0, 0.1) is 7.14 Å². The highest BCUT2D eigenvalue weighted by molar-refractivity contribution is 14.1. The molecule has 0 fully saturated rings. The van der Waals surface area contributed by atoms with Crippen molar-refractivity contribution in [3.05, 3.63) is 122 Å². The van der Waals surface area contributed by atoms with Crippen LogP contribution in [0.25, 0.3) is 6.08 Å². The zero-order valence-corrected chi connectivity index (χ0v) is 29.2. The van der Waals surface area contributed by atoms with Gasteiger partial charge in [-0.1, -0.05) is 59.9 Å². The Morgan fingerprint density at radius 1 is 1.07 bits per heavy atom. The molecule has 0 unspecified atom stereocenters. The molecular weight excluding hydrogens is 790 g/mol. The van der Waals surface area contributed by atoms with Crippen molar-refractivity contribution in [1.82, 2.24) is 4.57 Å². The smallest absolute Gasteiger partial charge is 0.338 e. The van der Waals surface area contributed by atoms with E-state index in [9.17, 15) is 9.59 Å². The highest BCUT2D eigenvalue weighted by atomic mass is 127. The van der Waals surface area contributed by atoms with Gasteiger partial charge in [0.05, 0.1) is 35.7 Å². The molecule has 0 bridgehead atoms. The minimum Gasteiger partial charge on any atom is -0.491 e. The third-order valence-corrected chi connectivity index (χ3v) is 9.22. The number of para-hydroxylation sites is 1. The van der Waals surface area contributed by atoms with Crippen molar-refractivity contribution in [2.24, 2.45) is 4.99 Å². The van der Waals surface area contributed by atoms with E-state index in [0.717, 1.165) is 24.0 Å². The lowest BCUT2D eigenvalue weighted by Crippen LogP contribution is -2.40. The number of allylic oxidation sites excluding steroid dienone is 1. The van der Waals surface area contributed by atoms with Crippen LogP contribution in [0.15, 0.2) is 87.8 Å². The molecule has 10 heteroatoms. The third kappa shape index (κ3) is 6.91. The molecule has 0 saturated carbocycles. The summed E-state index contributed by atoms with van der Waals surface area (Å²) in [6.07, 6.45) is 1.77. The van der Waals surface area contributed by atoms with Crippen LogP contribution in [-0.4, -0.2) is 23.2 Å². The van der Waals surface area contributed by atoms with E-state index in [-0.39, 0.29) is 18.3 Å². The van der Waals surface area contributed by atoms with Gasteiger partial charge in [-0.3, -0.25) is 9.36 Å². The second-order valence-corrected chi connectivity index (χ2v) is 13.4. The fraction of sp³-hybridized carbons (Fsp3) is 0.242. The van der Waals surface area contributed by atoms with Crippen molar-refractivity contribution in [3.63, 3.8) is 0 Å². The number of esters is 1. The lowest BCUT2D eigenvalue weighted by Gasteiger charge is -2.26. The monoisotopic (exact) mass is 820 g/mol. The molecule has 222 valence electrons. The molecule has 0 saturated heterocycles. The molecule has 0 aliphatic carbocycles. The normalized spacial score (nSPS) is 14.9. The molecule has 0 amide bonds. The van der Waals surface area contributed by atoms with Gasteiger partial charge in [0.25, 0.3) is 5.56 Å². The number of carbonyl (C=O) groups excluding carboxylic acids is 1. The van der Waals surface area contributed by atoms with Gasteiger partial charge in [0.2, 0.25) is 0 Å². The molecule has 1 atom stereocenters. The lowest BCUT2D eigenvalue weighted by molar-refractivity contribution is -0.139. The number of thiazole rings is 1. The number of benzene rings is 3. The zero-order chi connectivity index (χ0) is 30.7. The number of hydrogen-bond acceptors (Lipinski definition) is 7. The molecule has 0 spiro atoms. The van der Waals surface area contributed by atoms with Gasteiger partial charge in [0.15, 0.2) is 4.80 Å². The van der Waals surface area contributed by atoms with Gasteiger partial charge in [0.1, 0.15) is 24.1 Å². The van der Waals surface area contributed by atoms with Gasteiger partial charge < -0.3 is 14.2 Å². The molecule has 2 heterocycles. The molecule has 1 aliphatic rings. The van der Waals surface area contributed by atoms with Crippen LogP contribution in [0.3, 0.4) is 0 Å². The molecule has 1 aromatic heterocycles. The van der Waals surface area contributed by atoms with Crippen molar-refractivity contribution in [3.8, 4) is 11.5 Å². The summed E-state index contributed by atoms with van der Waals surface area (Å²) >= 11 is 5.83. The Labute approximate surface area is 281 Å². The van der Waals surface area contributed by atoms with Gasteiger partial charge in [-0.15, -0.1) is 0 Å². The van der Waals surface area contributed by atoms with Crippen molar-refractivity contribution in [2.45, 2.75) is 46.4 Å². The average molecular weight is 820 g/mol. The molecule has 1 aliphatic heterocycles. The first-order valence-corrected chi connectivity index (χ1v) is 16.8. The minimum absolute atomic E-state index is 0.0994. The maximum absolute atomic E-state index is 14.1. The number of fused-ring (bicyclic) bond motifs is 1. The van der Waals surface area contributed by atoms with Crippen LogP contribution in [-0.2, 0) is 16.1 Å². The topological polar surface area (TPSA) is 79.1 Å². The van der Waals surface area contributed by atoms with Crippen molar-refractivity contribution in [1.29, 1.82) is 0 Å². The Hall–Kier alpha value is -2.97. The molecule has 0 radical (unpaired) electrons. The van der Waals surface area contributed by atoms with E-state index >= 15 is 0 Å². The van der Waals surface area contributed by atoms with Gasteiger partial charge in [0, 0.05) is 5.56 Å².